The molecule has 1 aromatic heterocycles. The number of benzene rings is 1. The molecule has 0 radical (unpaired) electrons. The molecule has 3 N–H and O–H groups in total. The number of carbonyl (C=O) groups excluding carboxylic acids is 2. The Bertz CT molecular complexity index is 868. The number of hydrogen-bond donors (Lipinski definition) is 2. The minimum absolute atomic E-state index is 0.0331. The molecule has 1 aromatic carbocycles. The molecular formula is C18H20FN5O3. The van der Waals surface area contributed by atoms with Crippen LogP contribution in [0.4, 0.5) is 10.3 Å². The van der Waals surface area contributed by atoms with Crippen LogP contribution in [-0.2, 0) is 11.3 Å². The van der Waals surface area contributed by atoms with Gasteiger partial charge in [0.05, 0.1) is 13.2 Å². The van der Waals surface area contributed by atoms with E-state index in [1.807, 2.05) is 4.90 Å². The van der Waals surface area contributed by atoms with Gasteiger partial charge in [0.1, 0.15) is 17.2 Å². The summed E-state index contributed by atoms with van der Waals surface area (Å²) in [6.07, 6.45) is 0. The molecule has 1 aliphatic rings. The quantitative estimate of drug-likeness (QED) is 0.802. The largest absolute Gasteiger partial charge is 0.378 e. The first-order chi connectivity index (χ1) is 12.9. The van der Waals surface area contributed by atoms with Crippen molar-refractivity contribution in [3.05, 3.63) is 52.6 Å². The molecule has 2 amide bonds. The molecular weight excluding hydrogens is 353 g/mol. The summed E-state index contributed by atoms with van der Waals surface area (Å²) in [7, 11) is 0. The molecule has 2 heterocycles. The lowest BCUT2D eigenvalue weighted by molar-refractivity contribution is 0.0945. The zero-order valence-corrected chi connectivity index (χ0v) is 14.9. The predicted octanol–water partition coefficient (Wildman–Crippen LogP) is 0.790. The van der Waals surface area contributed by atoms with Crippen LogP contribution in [0.25, 0.3) is 0 Å². The Kier molecular flexibility index (Phi) is 5.60. The monoisotopic (exact) mass is 373 g/mol. The van der Waals surface area contributed by atoms with E-state index in [1.165, 1.54) is 12.1 Å². The number of primary amides is 1. The number of morpholine rings is 1. The number of ether oxygens (including phenoxy) is 1. The molecule has 1 fully saturated rings. The van der Waals surface area contributed by atoms with E-state index in [4.69, 9.17) is 10.5 Å². The van der Waals surface area contributed by atoms with Crippen LogP contribution in [0.3, 0.4) is 0 Å². The number of rotatable bonds is 5. The van der Waals surface area contributed by atoms with Gasteiger partial charge in [-0.05, 0) is 24.1 Å². The number of aryl methyl sites for hydroxylation is 1. The molecule has 0 aliphatic carbocycles. The Labute approximate surface area is 155 Å². The van der Waals surface area contributed by atoms with Gasteiger partial charge in [0.25, 0.3) is 11.8 Å². The van der Waals surface area contributed by atoms with Gasteiger partial charge in [-0.15, -0.1) is 0 Å². The molecule has 0 saturated carbocycles. The summed E-state index contributed by atoms with van der Waals surface area (Å²) < 4.78 is 18.6. The Balaban J connectivity index is 1.78. The van der Waals surface area contributed by atoms with Crippen molar-refractivity contribution >= 4 is 17.8 Å². The number of amides is 2. The van der Waals surface area contributed by atoms with Crippen molar-refractivity contribution in [2.75, 3.05) is 31.2 Å². The molecule has 142 valence electrons. The van der Waals surface area contributed by atoms with Crippen LogP contribution in [0.1, 0.15) is 32.1 Å². The third-order valence-corrected chi connectivity index (χ3v) is 4.17. The Morgan fingerprint density at radius 2 is 1.93 bits per heavy atom. The van der Waals surface area contributed by atoms with Crippen molar-refractivity contribution in [3.8, 4) is 0 Å². The minimum atomic E-state index is -0.741. The second kappa shape index (κ2) is 8.09. The van der Waals surface area contributed by atoms with E-state index in [0.717, 1.165) is 5.56 Å². The average Bonchev–Trinajstić information content (AvgIpc) is 2.69. The lowest BCUT2D eigenvalue weighted by atomic mass is 10.1. The van der Waals surface area contributed by atoms with Gasteiger partial charge in [-0.3, -0.25) is 9.59 Å². The number of aromatic nitrogens is 2. The van der Waals surface area contributed by atoms with Crippen molar-refractivity contribution in [1.82, 2.24) is 15.3 Å². The second-order valence-corrected chi connectivity index (χ2v) is 6.17. The lowest BCUT2D eigenvalue weighted by Gasteiger charge is -2.27. The number of carbonyl (C=O) groups is 2. The number of halogens is 1. The van der Waals surface area contributed by atoms with E-state index in [9.17, 15) is 14.0 Å². The summed E-state index contributed by atoms with van der Waals surface area (Å²) >= 11 is 0. The number of nitrogens with one attached hydrogen (secondary N) is 1. The summed E-state index contributed by atoms with van der Waals surface area (Å²) in [6.45, 7) is 3.98. The van der Waals surface area contributed by atoms with E-state index >= 15 is 0 Å². The number of hydrogen-bond acceptors (Lipinski definition) is 6. The van der Waals surface area contributed by atoms with Crippen LogP contribution in [0.2, 0.25) is 0 Å². The van der Waals surface area contributed by atoms with E-state index < -0.39 is 11.8 Å². The van der Waals surface area contributed by atoms with Crippen molar-refractivity contribution in [3.63, 3.8) is 0 Å². The van der Waals surface area contributed by atoms with Gasteiger partial charge in [-0.1, -0.05) is 12.1 Å². The summed E-state index contributed by atoms with van der Waals surface area (Å²) in [5.74, 6) is -1.26. The van der Waals surface area contributed by atoms with E-state index in [-0.39, 0.29) is 29.7 Å². The maximum atomic E-state index is 13.3. The zero-order valence-electron chi connectivity index (χ0n) is 14.9. The third kappa shape index (κ3) is 4.56. The van der Waals surface area contributed by atoms with Crippen LogP contribution in [0, 0.1) is 12.7 Å². The predicted molar refractivity (Wildman–Crippen MR) is 95.9 cm³/mol. The van der Waals surface area contributed by atoms with Gasteiger partial charge in [-0.25, -0.2) is 14.4 Å². The van der Waals surface area contributed by atoms with E-state index in [0.29, 0.717) is 31.9 Å². The molecule has 9 heteroatoms. The van der Waals surface area contributed by atoms with Crippen LogP contribution >= 0.6 is 0 Å². The first kappa shape index (κ1) is 18.7. The van der Waals surface area contributed by atoms with Crippen LogP contribution in [0.5, 0.6) is 0 Å². The fraction of sp³-hybridized carbons (Fsp3) is 0.333. The van der Waals surface area contributed by atoms with E-state index in [1.54, 1.807) is 19.1 Å². The molecule has 3 rings (SSSR count). The molecule has 1 saturated heterocycles. The Morgan fingerprint density at radius 3 is 2.59 bits per heavy atom. The summed E-state index contributed by atoms with van der Waals surface area (Å²) in [4.78, 5) is 34.3. The summed E-state index contributed by atoms with van der Waals surface area (Å²) in [6, 6.07) is 5.86. The topological polar surface area (TPSA) is 110 Å². The molecule has 0 atom stereocenters. The van der Waals surface area contributed by atoms with Gasteiger partial charge in [0.2, 0.25) is 5.95 Å². The molecule has 8 nitrogen and oxygen atoms in total. The maximum Gasteiger partial charge on any atom is 0.270 e. The molecule has 0 bridgehead atoms. The minimum Gasteiger partial charge on any atom is -0.378 e. The summed E-state index contributed by atoms with van der Waals surface area (Å²) in [5.41, 5.74) is 6.59. The SMILES string of the molecule is Cc1cc(CNC(=O)c2cc(C(N)=O)nc(N3CCOCC3)n2)ccc1F. The number of nitrogens with zero attached hydrogens (tertiary/aromatic N) is 3. The van der Waals surface area contributed by atoms with Gasteiger partial charge in [0, 0.05) is 25.7 Å². The first-order valence-electron chi connectivity index (χ1n) is 8.49. The number of nitrogens with two attached hydrogens (primary N) is 1. The third-order valence-electron chi connectivity index (χ3n) is 4.17. The zero-order chi connectivity index (χ0) is 19.4. The van der Waals surface area contributed by atoms with Crippen molar-refractivity contribution in [1.29, 1.82) is 0 Å². The van der Waals surface area contributed by atoms with Gasteiger partial charge in [-0.2, -0.15) is 0 Å². The highest BCUT2D eigenvalue weighted by Crippen LogP contribution is 2.13. The van der Waals surface area contributed by atoms with Crippen molar-refractivity contribution < 1.29 is 18.7 Å². The van der Waals surface area contributed by atoms with Crippen molar-refractivity contribution in [2.24, 2.45) is 5.73 Å². The first-order valence-corrected chi connectivity index (χ1v) is 8.49. The molecule has 1 aliphatic heterocycles. The Hall–Kier alpha value is -3.07. The van der Waals surface area contributed by atoms with E-state index in [2.05, 4.69) is 15.3 Å². The normalized spacial score (nSPS) is 14.1. The van der Waals surface area contributed by atoms with Crippen LogP contribution < -0.4 is 16.0 Å². The highest BCUT2D eigenvalue weighted by atomic mass is 19.1. The standard InChI is InChI=1S/C18H20FN5O3/c1-11-8-12(2-3-13(11)19)10-21-17(26)15-9-14(16(20)25)22-18(23-15)24-4-6-27-7-5-24/h2-3,8-9H,4-7,10H2,1H3,(H2,20,25)(H,21,26). The van der Waals surface area contributed by atoms with Crippen LogP contribution in [-0.4, -0.2) is 48.1 Å². The molecule has 2 aromatic rings. The molecule has 27 heavy (non-hydrogen) atoms. The number of anilines is 1. The maximum absolute atomic E-state index is 13.3. The molecule has 0 unspecified atom stereocenters. The van der Waals surface area contributed by atoms with Crippen LogP contribution in [0.15, 0.2) is 24.3 Å². The second-order valence-electron chi connectivity index (χ2n) is 6.17. The van der Waals surface area contributed by atoms with Gasteiger partial charge >= 0.3 is 0 Å². The highest BCUT2D eigenvalue weighted by Gasteiger charge is 2.19. The fourth-order valence-corrected chi connectivity index (χ4v) is 2.67. The van der Waals surface area contributed by atoms with Gasteiger partial charge in [0.15, 0.2) is 0 Å². The Morgan fingerprint density at radius 1 is 1.22 bits per heavy atom. The van der Waals surface area contributed by atoms with Gasteiger partial charge < -0.3 is 20.7 Å². The summed E-state index contributed by atoms with van der Waals surface area (Å²) in [5, 5.41) is 2.71. The lowest BCUT2D eigenvalue weighted by Crippen LogP contribution is -2.38. The fourth-order valence-electron chi connectivity index (χ4n) is 2.67. The van der Waals surface area contributed by atoms with Crippen molar-refractivity contribution in [2.45, 2.75) is 13.5 Å². The average molecular weight is 373 g/mol. The smallest absolute Gasteiger partial charge is 0.270 e. The molecule has 0 spiro atoms. The highest BCUT2D eigenvalue weighted by molar-refractivity contribution is 5.97.